The maximum absolute atomic E-state index is 11.2. The predicted molar refractivity (Wildman–Crippen MR) is 120 cm³/mol. The van der Waals surface area contributed by atoms with Crippen LogP contribution in [0.15, 0.2) is 29.2 Å². The molecule has 1 rings (SSSR count). The highest BCUT2D eigenvalue weighted by atomic mass is 32.2. The second kappa shape index (κ2) is 14.9. The minimum atomic E-state index is -4.35. The molecule has 0 saturated heterocycles. The summed E-state index contributed by atoms with van der Waals surface area (Å²) in [4.78, 5) is -0.0501. The molecule has 0 saturated carbocycles. The number of benzene rings is 1. The van der Waals surface area contributed by atoms with Gasteiger partial charge in [-0.05, 0) is 24.5 Å². The molecule has 0 aliphatic carbocycles. The number of aliphatic hydroxyl groups excluding tert-OH is 1. The molecule has 1 atom stereocenters. The van der Waals surface area contributed by atoms with Crippen molar-refractivity contribution in [2.75, 3.05) is 21.1 Å². The topological polar surface area (TPSA) is 77.4 Å². The van der Waals surface area contributed by atoms with Crippen LogP contribution in [-0.4, -0.2) is 49.9 Å². The molecule has 0 radical (unpaired) electrons. The zero-order chi connectivity index (χ0) is 22.3. The van der Waals surface area contributed by atoms with Crippen LogP contribution in [0.4, 0.5) is 0 Å². The molecule has 0 heterocycles. The van der Waals surface area contributed by atoms with Gasteiger partial charge in [0.05, 0.1) is 26.0 Å². The molecular formula is C23H43NO4S. The molecule has 1 unspecified atom stereocenters. The van der Waals surface area contributed by atoms with Crippen LogP contribution in [0.1, 0.15) is 83.6 Å². The number of unbranched alkanes of at least 4 members (excludes halogenated alkanes) is 9. The highest BCUT2D eigenvalue weighted by molar-refractivity contribution is 7.85. The van der Waals surface area contributed by atoms with Gasteiger partial charge in [0.15, 0.2) is 6.23 Å². The van der Waals surface area contributed by atoms with Crippen molar-refractivity contribution in [2.45, 2.75) is 95.6 Å². The van der Waals surface area contributed by atoms with E-state index in [0.717, 1.165) is 12.8 Å². The van der Waals surface area contributed by atoms with Gasteiger partial charge in [0.25, 0.3) is 0 Å². The van der Waals surface area contributed by atoms with Crippen LogP contribution in [0.2, 0.25) is 0 Å². The first kappa shape index (κ1) is 28.1. The van der Waals surface area contributed by atoms with Crippen LogP contribution in [0.3, 0.4) is 0 Å². The van der Waals surface area contributed by atoms with Crippen LogP contribution in [-0.2, 0) is 16.5 Å². The average Bonchev–Trinajstić information content (AvgIpc) is 2.62. The second-order valence-electron chi connectivity index (χ2n) is 8.74. The van der Waals surface area contributed by atoms with Crippen molar-refractivity contribution in [3.8, 4) is 0 Å². The van der Waals surface area contributed by atoms with E-state index in [9.17, 15) is 13.0 Å². The fourth-order valence-electron chi connectivity index (χ4n) is 2.76. The summed E-state index contributed by atoms with van der Waals surface area (Å²) in [5, 5.41) is 8.86. The van der Waals surface area contributed by atoms with Gasteiger partial charge in [0, 0.05) is 6.92 Å². The largest absolute Gasteiger partial charge is 0.744 e. The van der Waals surface area contributed by atoms with Crippen LogP contribution in [0.5, 0.6) is 0 Å². The van der Waals surface area contributed by atoms with Gasteiger partial charge >= 0.3 is 0 Å². The van der Waals surface area contributed by atoms with Gasteiger partial charge in [0.2, 0.25) is 0 Å². The molecule has 5 nitrogen and oxygen atoms in total. The molecule has 0 aliphatic rings. The molecule has 1 aromatic rings. The molecule has 1 aromatic carbocycles. The molecule has 0 fully saturated rings. The zero-order valence-electron chi connectivity index (χ0n) is 19.2. The van der Waals surface area contributed by atoms with Gasteiger partial charge in [0.1, 0.15) is 10.1 Å². The Hall–Kier alpha value is -0.950. The molecule has 6 heteroatoms. The van der Waals surface area contributed by atoms with E-state index in [2.05, 4.69) is 6.92 Å². The molecule has 0 spiro atoms. The molecular weight excluding hydrogens is 386 g/mol. The maximum Gasteiger partial charge on any atom is 0.187 e. The van der Waals surface area contributed by atoms with E-state index in [0.29, 0.717) is 16.5 Å². The quantitative estimate of drug-likeness (QED) is 0.205. The molecule has 0 aliphatic heterocycles. The third-order valence-electron chi connectivity index (χ3n) is 5.16. The third-order valence-corrected chi connectivity index (χ3v) is 6.10. The Labute approximate surface area is 179 Å². The molecule has 170 valence electrons. The normalized spacial score (nSPS) is 12.9. The summed E-state index contributed by atoms with van der Waals surface area (Å²) in [7, 11) is 1.50. The lowest BCUT2D eigenvalue weighted by Gasteiger charge is -2.26. The molecule has 0 aromatic heterocycles. The first-order valence-electron chi connectivity index (χ1n) is 11.0. The van der Waals surface area contributed by atoms with Crippen LogP contribution >= 0.6 is 0 Å². The van der Waals surface area contributed by atoms with Gasteiger partial charge in [-0.15, -0.1) is 0 Å². The van der Waals surface area contributed by atoms with Crippen molar-refractivity contribution in [2.24, 2.45) is 0 Å². The van der Waals surface area contributed by atoms with Crippen molar-refractivity contribution in [3.63, 3.8) is 0 Å². The van der Waals surface area contributed by atoms with Crippen molar-refractivity contribution >= 4 is 10.1 Å². The highest BCUT2D eigenvalue weighted by Crippen LogP contribution is 2.18. The van der Waals surface area contributed by atoms with E-state index < -0.39 is 10.1 Å². The number of hydrogen-bond acceptors (Lipinski definition) is 4. The summed E-state index contributed by atoms with van der Waals surface area (Å²) in [6.07, 6.45) is 12.9. The van der Waals surface area contributed by atoms with E-state index in [4.69, 9.17) is 5.11 Å². The summed E-state index contributed by atoms with van der Waals surface area (Å²) in [6, 6.07) is 6.56. The average molecular weight is 430 g/mol. The van der Waals surface area contributed by atoms with Crippen molar-refractivity contribution in [1.29, 1.82) is 0 Å². The molecule has 0 bridgehead atoms. The fraction of sp³-hybridized carbons (Fsp3) is 0.739. The minimum absolute atomic E-state index is 0.0501. The molecule has 29 heavy (non-hydrogen) atoms. The molecule has 1 N–H and O–H groups in total. The first-order valence-corrected chi connectivity index (χ1v) is 12.4. The SMILES string of the molecule is CC(O)[N+](C)(C)C.CCCCCCCCCCCCc1ccccc1S(=O)(=O)[O-]. The predicted octanol–water partition coefficient (Wildman–Crippen LogP) is 5.09. The Morgan fingerprint density at radius 1 is 0.897 bits per heavy atom. The number of aryl methyl sites for hydroxylation is 1. The van der Waals surface area contributed by atoms with Gasteiger partial charge in [-0.25, -0.2) is 8.42 Å². The second-order valence-corrected chi connectivity index (χ2v) is 10.1. The van der Waals surface area contributed by atoms with Gasteiger partial charge in [-0.3, -0.25) is 0 Å². The zero-order valence-corrected chi connectivity index (χ0v) is 20.0. The van der Waals surface area contributed by atoms with Gasteiger partial charge < -0.3 is 14.1 Å². The van der Waals surface area contributed by atoms with E-state index in [-0.39, 0.29) is 11.1 Å². The Kier molecular flexibility index (Phi) is 14.5. The molecule has 0 amide bonds. The van der Waals surface area contributed by atoms with E-state index >= 15 is 0 Å². The van der Waals surface area contributed by atoms with Crippen LogP contribution in [0, 0.1) is 0 Å². The number of rotatable bonds is 13. The van der Waals surface area contributed by atoms with Crippen molar-refractivity contribution in [3.05, 3.63) is 29.8 Å². The summed E-state index contributed by atoms with van der Waals surface area (Å²) >= 11 is 0. The highest BCUT2D eigenvalue weighted by Gasteiger charge is 2.12. The Morgan fingerprint density at radius 3 is 1.72 bits per heavy atom. The summed E-state index contributed by atoms with van der Waals surface area (Å²) in [6.45, 7) is 4.01. The van der Waals surface area contributed by atoms with Crippen LogP contribution < -0.4 is 0 Å². The van der Waals surface area contributed by atoms with Crippen molar-refractivity contribution < 1.29 is 22.6 Å². The van der Waals surface area contributed by atoms with Crippen LogP contribution in [0.25, 0.3) is 0 Å². The third kappa shape index (κ3) is 14.6. The number of aliphatic hydroxyl groups is 1. The summed E-state index contributed by atoms with van der Waals surface area (Å²) in [5.74, 6) is 0. The minimum Gasteiger partial charge on any atom is -0.744 e. The Bertz CT molecular complexity index is 637. The first-order chi connectivity index (χ1) is 13.5. The Morgan fingerprint density at radius 2 is 1.31 bits per heavy atom. The lowest BCUT2D eigenvalue weighted by atomic mass is 10.0. The monoisotopic (exact) mass is 429 g/mol. The lowest BCUT2D eigenvalue weighted by molar-refractivity contribution is -0.916. The van der Waals surface area contributed by atoms with E-state index in [1.54, 1.807) is 25.1 Å². The maximum atomic E-state index is 11.2. The lowest BCUT2D eigenvalue weighted by Crippen LogP contribution is -2.42. The number of hydrogen-bond donors (Lipinski definition) is 1. The fourth-order valence-corrected chi connectivity index (χ4v) is 3.49. The smallest absolute Gasteiger partial charge is 0.187 e. The van der Waals surface area contributed by atoms with E-state index in [1.165, 1.54) is 57.4 Å². The number of nitrogens with zero attached hydrogens (tertiary/aromatic N) is 1. The van der Waals surface area contributed by atoms with Crippen molar-refractivity contribution in [1.82, 2.24) is 0 Å². The summed E-state index contributed by atoms with van der Waals surface area (Å²) < 4.78 is 34.2. The number of quaternary nitrogens is 1. The Balaban J connectivity index is 0.000000956. The van der Waals surface area contributed by atoms with Gasteiger partial charge in [-0.1, -0.05) is 82.9 Å². The van der Waals surface area contributed by atoms with E-state index in [1.807, 2.05) is 21.1 Å². The van der Waals surface area contributed by atoms with Gasteiger partial charge in [-0.2, -0.15) is 0 Å². The summed E-state index contributed by atoms with van der Waals surface area (Å²) in [5.41, 5.74) is 0.664. The standard InChI is InChI=1S/C18H30O3S.C5H14NO/c1-2-3-4-5-6-7-8-9-10-11-14-17-15-12-13-16-18(17)22(19,20)21;1-5(7)6(2,3)4/h12-13,15-16H,2-11,14H2,1H3,(H,19,20,21);5,7H,1-4H3/q;+1/p-1.